The van der Waals surface area contributed by atoms with Crippen LogP contribution in [0.4, 0.5) is 0 Å². The van der Waals surface area contributed by atoms with Crippen LogP contribution in [-0.4, -0.2) is 40.2 Å². The molecule has 1 aliphatic rings. The summed E-state index contributed by atoms with van der Waals surface area (Å²) in [6.45, 7) is 8.10. The fourth-order valence-corrected chi connectivity index (χ4v) is 4.34. The van der Waals surface area contributed by atoms with Crippen LogP contribution in [0.1, 0.15) is 57.6 Å². The summed E-state index contributed by atoms with van der Waals surface area (Å²) in [5, 5.41) is 21.3. The number of aliphatic carboxylic acids is 1. The molecule has 0 heterocycles. The average molecular weight is 357 g/mol. The van der Waals surface area contributed by atoms with E-state index >= 15 is 0 Å². The van der Waals surface area contributed by atoms with Crippen molar-refractivity contribution in [3.63, 3.8) is 0 Å². The van der Waals surface area contributed by atoms with Crippen LogP contribution in [0.25, 0.3) is 0 Å². The van der Waals surface area contributed by atoms with E-state index in [1.54, 1.807) is 19.1 Å². The molecule has 0 saturated heterocycles. The lowest BCUT2D eigenvalue weighted by Gasteiger charge is -2.41. The monoisotopic (exact) mass is 357 g/mol. The molecule has 26 heavy (non-hydrogen) atoms. The molecule has 0 amide bonds. The Labute approximate surface area is 157 Å². The normalized spacial score (nSPS) is 22.3. The van der Waals surface area contributed by atoms with E-state index in [1.807, 2.05) is 12.1 Å². The first kappa shape index (κ1) is 20.5. The third kappa shape index (κ3) is 4.11. The molecule has 2 N–H and O–H groups in total. The van der Waals surface area contributed by atoms with Gasteiger partial charge in [0.15, 0.2) is 5.60 Å². The Morgan fingerprint density at radius 2 is 1.81 bits per heavy atom. The van der Waals surface area contributed by atoms with Gasteiger partial charge in [0, 0.05) is 18.4 Å². The van der Waals surface area contributed by atoms with Crippen molar-refractivity contribution in [2.75, 3.05) is 13.1 Å². The van der Waals surface area contributed by atoms with Gasteiger partial charge >= 0.3 is 5.97 Å². The Hall–Kier alpha value is -1.83. The molecular weight excluding hydrogens is 326 g/mol. The van der Waals surface area contributed by atoms with E-state index < -0.39 is 11.6 Å². The third-order valence-corrected chi connectivity index (χ3v) is 5.83. The van der Waals surface area contributed by atoms with Crippen LogP contribution in [0, 0.1) is 17.8 Å². The van der Waals surface area contributed by atoms with E-state index in [1.165, 1.54) is 0 Å². The number of hydrogen-bond donors (Lipinski definition) is 2. The van der Waals surface area contributed by atoms with Gasteiger partial charge in [-0.1, -0.05) is 44.0 Å². The van der Waals surface area contributed by atoms with E-state index in [2.05, 4.69) is 30.6 Å². The highest BCUT2D eigenvalue weighted by molar-refractivity contribution is 5.80. The van der Waals surface area contributed by atoms with Gasteiger partial charge in [0.2, 0.25) is 0 Å². The van der Waals surface area contributed by atoms with Crippen molar-refractivity contribution in [1.82, 2.24) is 4.90 Å². The maximum atomic E-state index is 12.2. The minimum Gasteiger partial charge on any atom is -0.479 e. The smallest absolute Gasteiger partial charge is 0.340 e. The van der Waals surface area contributed by atoms with Gasteiger partial charge in [0.1, 0.15) is 0 Å². The van der Waals surface area contributed by atoms with Gasteiger partial charge in [-0.3, -0.25) is 0 Å². The summed E-state index contributed by atoms with van der Waals surface area (Å²) < 4.78 is 0. The Kier molecular flexibility index (Phi) is 7.25. The van der Waals surface area contributed by atoms with Gasteiger partial charge in [-0.2, -0.15) is 0 Å². The van der Waals surface area contributed by atoms with Crippen LogP contribution >= 0.6 is 0 Å². The Bertz CT molecular complexity index is 663. The molecule has 1 aromatic rings. The van der Waals surface area contributed by atoms with Crippen LogP contribution in [0.5, 0.6) is 0 Å². The fourth-order valence-electron chi connectivity index (χ4n) is 4.34. The summed E-state index contributed by atoms with van der Waals surface area (Å²) in [6.07, 6.45) is 3.75. The van der Waals surface area contributed by atoms with Crippen LogP contribution in [0.3, 0.4) is 0 Å². The molecule has 1 unspecified atom stereocenters. The highest BCUT2D eigenvalue weighted by Gasteiger charge is 2.48. The Morgan fingerprint density at radius 3 is 2.35 bits per heavy atom. The number of carboxylic acid groups (broad SMARTS) is 1. The number of carbonyl (C=O) groups is 1. The molecule has 2 rings (SSSR count). The zero-order valence-electron chi connectivity index (χ0n) is 16.2. The second-order valence-electron chi connectivity index (χ2n) is 7.06. The summed E-state index contributed by atoms with van der Waals surface area (Å²) in [5.74, 6) is 4.42. The number of benzene rings is 1. The summed E-state index contributed by atoms with van der Waals surface area (Å²) in [7, 11) is 0. The lowest BCUT2D eigenvalue weighted by molar-refractivity contribution is -0.169. The van der Waals surface area contributed by atoms with Gasteiger partial charge in [0.25, 0.3) is 0 Å². The SMILES string of the molecule is CC#CCc1ccccc1C(O)(C(=O)O)C1CCC(N(CC)CC)CC1. The second-order valence-corrected chi connectivity index (χ2v) is 7.06. The first-order valence-corrected chi connectivity index (χ1v) is 9.66. The standard InChI is InChI=1S/C22H31NO3/c1-4-7-10-17-11-8-9-12-20(17)22(26,21(24)25)18-13-15-19(16-14-18)23(5-2)6-3/h8-9,11-12,18-19,26H,5-6,10,13-16H2,1-3H3,(H,24,25). The fraction of sp³-hybridized carbons (Fsp3) is 0.591. The molecule has 0 radical (unpaired) electrons. The van der Waals surface area contributed by atoms with Gasteiger partial charge in [-0.05, 0) is 56.8 Å². The zero-order valence-corrected chi connectivity index (χ0v) is 16.2. The molecule has 0 aromatic heterocycles. The van der Waals surface area contributed by atoms with Crippen LogP contribution in [0.15, 0.2) is 24.3 Å². The average Bonchev–Trinajstić information content (AvgIpc) is 2.67. The molecule has 0 aliphatic heterocycles. The van der Waals surface area contributed by atoms with Gasteiger partial charge in [-0.15, -0.1) is 5.92 Å². The van der Waals surface area contributed by atoms with Crippen LogP contribution < -0.4 is 0 Å². The van der Waals surface area contributed by atoms with Crippen molar-refractivity contribution in [3.05, 3.63) is 35.4 Å². The predicted molar refractivity (Wildman–Crippen MR) is 104 cm³/mol. The van der Waals surface area contributed by atoms with E-state index in [-0.39, 0.29) is 5.92 Å². The zero-order chi connectivity index (χ0) is 19.2. The maximum Gasteiger partial charge on any atom is 0.340 e. The van der Waals surface area contributed by atoms with Gasteiger partial charge in [-0.25, -0.2) is 4.79 Å². The lowest BCUT2D eigenvalue weighted by atomic mass is 9.70. The van der Waals surface area contributed by atoms with Crippen molar-refractivity contribution in [2.45, 2.75) is 64.5 Å². The third-order valence-electron chi connectivity index (χ3n) is 5.83. The van der Waals surface area contributed by atoms with Gasteiger partial charge < -0.3 is 15.1 Å². The number of carboxylic acids is 1. The Balaban J connectivity index is 2.29. The molecule has 1 atom stereocenters. The largest absolute Gasteiger partial charge is 0.479 e. The van der Waals surface area contributed by atoms with Crippen molar-refractivity contribution < 1.29 is 15.0 Å². The second kappa shape index (κ2) is 9.21. The summed E-state index contributed by atoms with van der Waals surface area (Å²) in [6, 6.07) is 7.77. The molecule has 1 aliphatic carbocycles. The van der Waals surface area contributed by atoms with Crippen molar-refractivity contribution in [3.8, 4) is 11.8 Å². The molecule has 1 saturated carbocycles. The molecule has 0 bridgehead atoms. The van der Waals surface area contributed by atoms with E-state index in [0.29, 0.717) is 18.0 Å². The van der Waals surface area contributed by atoms with E-state index in [4.69, 9.17) is 0 Å². The minimum absolute atomic E-state index is 0.275. The van der Waals surface area contributed by atoms with Crippen LogP contribution in [0.2, 0.25) is 0 Å². The van der Waals surface area contributed by atoms with Crippen molar-refractivity contribution >= 4 is 5.97 Å². The highest BCUT2D eigenvalue weighted by Crippen LogP contribution is 2.42. The van der Waals surface area contributed by atoms with Crippen molar-refractivity contribution in [2.24, 2.45) is 5.92 Å². The lowest BCUT2D eigenvalue weighted by Crippen LogP contribution is -2.47. The number of aliphatic hydroxyl groups is 1. The maximum absolute atomic E-state index is 12.2. The molecule has 1 aromatic carbocycles. The molecule has 4 heteroatoms. The first-order valence-electron chi connectivity index (χ1n) is 9.66. The van der Waals surface area contributed by atoms with Gasteiger partial charge in [0.05, 0.1) is 0 Å². The summed E-state index contributed by atoms with van der Waals surface area (Å²) in [5.41, 5.74) is -0.542. The summed E-state index contributed by atoms with van der Waals surface area (Å²) in [4.78, 5) is 14.6. The number of nitrogens with zero attached hydrogens (tertiary/aromatic N) is 1. The Morgan fingerprint density at radius 1 is 1.19 bits per heavy atom. The molecule has 4 nitrogen and oxygen atoms in total. The molecular formula is C22H31NO3. The van der Waals surface area contributed by atoms with E-state index in [0.717, 1.165) is 44.3 Å². The number of rotatable bonds is 7. The molecule has 0 spiro atoms. The van der Waals surface area contributed by atoms with Crippen molar-refractivity contribution in [1.29, 1.82) is 0 Å². The minimum atomic E-state index is -1.85. The molecule has 142 valence electrons. The number of hydrogen-bond acceptors (Lipinski definition) is 3. The summed E-state index contributed by atoms with van der Waals surface area (Å²) >= 11 is 0. The van der Waals surface area contributed by atoms with Crippen LogP contribution in [-0.2, 0) is 16.8 Å². The molecule has 1 fully saturated rings. The quantitative estimate of drug-likeness (QED) is 0.734. The highest BCUT2D eigenvalue weighted by atomic mass is 16.4. The van der Waals surface area contributed by atoms with E-state index in [9.17, 15) is 15.0 Å². The first-order chi connectivity index (χ1) is 12.5. The predicted octanol–water partition coefficient (Wildman–Crippen LogP) is 3.43. The topological polar surface area (TPSA) is 60.8 Å².